The Morgan fingerprint density at radius 1 is 1.11 bits per heavy atom. The molecule has 5 rings (SSSR count). The summed E-state index contributed by atoms with van der Waals surface area (Å²) in [6.45, 7) is 1.70. The monoisotopic (exact) mass is 522 g/mol. The second-order valence-corrected chi connectivity index (χ2v) is 8.46. The Bertz CT molecular complexity index is 1400. The number of hydrogen-bond donors (Lipinski definition) is 1. The Labute approximate surface area is 215 Å². The fourth-order valence-electron chi connectivity index (χ4n) is 4.13. The molecule has 0 unspecified atom stereocenters. The van der Waals surface area contributed by atoms with Crippen LogP contribution in [0.15, 0.2) is 69.9 Å². The second kappa shape index (κ2) is 11.0. The lowest BCUT2D eigenvalue weighted by molar-refractivity contribution is -0.384. The Hall–Kier alpha value is -4.94. The first-order chi connectivity index (χ1) is 18.5. The van der Waals surface area contributed by atoms with E-state index in [1.807, 2.05) is 4.90 Å². The van der Waals surface area contributed by atoms with Gasteiger partial charge in [0, 0.05) is 56.0 Å². The largest absolute Gasteiger partial charge is 0.484 e. The van der Waals surface area contributed by atoms with Gasteiger partial charge in [-0.15, -0.1) is 0 Å². The lowest BCUT2D eigenvalue weighted by atomic mass is 10.1. The average Bonchev–Trinajstić information content (AvgIpc) is 3.63. The van der Waals surface area contributed by atoms with Crippen molar-refractivity contribution >= 4 is 23.1 Å². The van der Waals surface area contributed by atoms with Gasteiger partial charge in [0.2, 0.25) is 0 Å². The van der Waals surface area contributed by atoms with E-state index in [4.69, 9.17) is 13.8 Å². The molecule has 3 heterocycles. The summed E-state index contributed by atoms with van der Waals surface area (Å²) >= 11 is 0. The van der Waals surface area contributed by atoms with Gasteiger partial charge in [0.1, 0.15) is 23.5 Å². The molecule has 4 aromatic rings. The van der Waals surface area contributed by atoms with Crippen LogP contribution in [0.25, 0.3) is 11.3 Å². The van der Waals surface area contributed by atoms with Crippen molar-refractivity contribution < 1.29 is 27.9 Å². The number of nitro benzene ring substituents is 1. The van der Waals surface area contributed by atoms with Crippen LogP contribution in [0.1, 0.15) is 5.76 Å². The number of nitrogens with zero attached hydrogens (tertiary/aromatic N) is 5. The number of rotatable bonds is 9. The van der Waals surface area contributed by atoms with E-state index in [0.29, 0.717) is 67.0 Å². The van der Waals surface area contributed by atoms with Crippen LogP contribution in [0.5, 0.6) is 5.75 Å². The van der Waals surface area contributed by atoms with Crippen LogP contribution < -0.4 is 15.0 Å². The molecule has 0 spiro atoms. The zero-order valence-corrected chi connectivity index (χ0v) is 20.1. The van der Waals surface area contributed by atoms with E-state index in [1.54, 1.807) is 29.2 Å². The predicted octanol–water partition coefficient (Wildman–Crippen LogP) is 3.72. The predicted molar refractivity (Wildman–Crippen MR) is 133 cm³/mol. The standard InChI is InChI=1S/C25H23FN6O6/c26-21-3-1-2-20(22-14-19(38-28-22)15-27-23-8-13-37-29-23)25(21)31-11-9-30(10-12-31)24(33)16-36-18-6-4-17(5-7-18)32(34)35/h1-8,13-14H,9-12,15-16H2,(H,27,29). The first-order valence-electron chi connectivity index (χ1n) is 11.8. The van der Waals surface area contributed by atoms with Crippen molar-refractivity contribution in [3.8, 4) is 17.0 Å². The number of para-hydroxylation sites is 1. The molecule has 1 amide bonds. The molecule has 196 valence electrons. The Balaban J connectivity index is 1.20. The first-order valence-corrected chi connectivity index (χ1v) is 11.8. The molecule has 1 aliphatic rings. The molecule has 2 aromatic heterocycles. The summed E-state index contributed by atoms with van der Waals surface area (Å²) in [6.07, 6.45) is 1.45. The van der Waals surface area contributed by atoms with Crippen LogP contribution in [0.2, 0.25) is 0 Å². The second-order valence-electron chi connectivity index (χ2n) is 8.46. The number of benzene rings is 2. The van der Waals surface area contributed by atoms with Crippen LogP contribution in [-0.4, -0.2) is 58.8 Å². The highest BCUT2D eigenvalue weighted by atomic mass is 19.1. The summed E-state index contributed by atoms with van der Waals surface area (Å²) in [5.74, 6) is 0.843. The molecule has 1 saturated heterocycles. The highest BCUT2D eigenvalue weighted by molar-refractivity contribution is 5.79. The number of non-ortho nitro benzene ring substituents is 1. The molecule has 12 nitrogen and oxygen atoms in total. The molecule has 0 saturated carbocycles. The average molecular weight is 522 g/mol. The minimum atomic E-state index is -0.505. The van der Waals surface area contributed by atoms with Crippen molar-refractivity contribution in [3.05, 3.63) is 82.6 Å². The Morgan fingerprint density at radius 3 is 2.61 bits per heavy atom. The highest BCUT2D eigenvalue weighted by Gasteiger charge is 2.26. The van der Waals surface area contributed by atoms with Crippen molar-refractivity contribution in [2.24, 2.45) is 0 Å². The van der Waals surface area contributed by atoms with E-state index in [-0.39, 0.29) is 18.2 Å². The van der Waals surface area contributed by atoms with Gasteiger partial charge in [-0.05, 0) is 18.2 Å². The van der Waals surface area contributed by atoms with E-state index >= 15 is 4.39 Å². The molecule has 0 atom stereocenters. The first kappa shape index (κ1) is 24.7. The summed E-state index contributed by atoms with van der Waals surface area (Å²) < 4.78 is 30.7. The third-order valence-corrected chi connectivity index (χ3v) is 6.06. The molecular formula is C25H23FN6O6. The Morgan fingerprint density at radius 2 is 1.89 bits per heavy atom. The molecule has 0 radical (unpaired) electrons. The van der Waals surface area contributed by atoms with E-state index in [1.165, 1.54) is 36.6 Å². The SMILES string of the molecule is O=C(COc1ccc([N+](=O)[O-])cc1)N1CCN(c2c(F)cccc2-c2cc(CNc3ccon3)on2)CC1. The van der Waals surface area contributed by atoms with E-state index in [2.05, 4.69) is 15.6 Å². The fourth-order valence-corrected chi connectivity index (χ4v) is 4.13. The van der Waals surface area contributed by atoms with E-state index in [9.17, 15) is 14.9 Å². The van der Waals surface area contributed by atoms with Crippen LogP contribution in [0.3, 0.4) is 0 Å². The van der Waals surface area contributed by atoms with Gasteiger partial charge in [-0.3, -0.25) is 14.9 Å². The lowest BCUT2D eigenvalue weighted by Gasteiger charge is -2.36. The van der Waals surface area contributed by atoms with Gasteiger partial charge in [-0.2, -0.15) is 0 Å². The van der Waals surface area contributed by atoms with Crippen molar-refractivity contribution in [1.29, 1.82) is 0 Å². The molecule has 1 aliphatic heterocycles. The summed E-state index contributed by atoms with van der Waals surface area (Å²) in [6, 6.07) is 13.7. The maximum Gasteiger partial charge on any atom is 0.269 e. The number of carbonyl (C=O) groups excluding carboxylic acids is 1. The molecule has 13 heteroatoms. The quantitative estimate of drug-likeness (QED) is 0.255. The normalized spacial score (nSPS) is 13.4. The van der Waals surface area contributed by atoms with Crippen molar-refractivity contribution in [1.82, 2.24) is 15.2 Å². The summed E-state index contributed by atoms with van der Waals surface area (Å²) in [4.78, 5) is 26.4. The zero-order chi connectivity index (χ0) is 26.5. The van der Waals surface area contributed by atoms with Crippen molar-refractivity contribution in [2.45, 2.75) is 6.54 Å². The van der Waals surface area contributed by atoms with E-state index in [0.717, 1.165) is 0 Å². The summed E-state index contributed by atoms with van der Waals surface area (Å²) in [7, 11) is 0. The molecule has 0 bridgehead atoms. The number of amides is 1. The third kappa shape index (κ3) is 5.56. The van der Waals surface area contributed by atoms with Gasteiger partial charge in [0.15, 0.2) is 18.2 Å². The van der Waals surface area contributed by atoms with Gasteiger partial charge < -0.3 is 28.9 Å². The van der Waals surface area contributed by atoms with Crippen LogP contribution >= 0.6 is 0 Å². The van der Waals surface area contributed by atoms with Gasteiger partial charge in [0.05, 0.1) is 17.2 Å². The number of ether oxygens (including phenoxy) is 1. The molecule has 38 heavy (non-hydrogen) atoms. The van der Waals surface area contributed by atoms with E-state index < -0.39 is 10.7 Å². The number of anilines is 2. The smallest absolute Gasteiger partial charge is 0.269 e. The third-order valence-electron chi connectivity index (χ3n) is 6.06. The number of halogens is 1. The zero-order valence-electron chi connectivity index (χ0n) is 20.1. The molecule has 2 aromatic carbocycles. The number of aromatic nitrogens is 2. The minimum Gasteiger partial charge on any atom is -0.484 e. The maximum atomic E-state index is 15.0. The lowest BCUT2D eigenvalue weighted by Crippen LogP contribution is -2.50. The molecule has 1 fully saturated rings. The summed E-state index contributed by atoms with van der Waals surface area (Å²) in [5, 5.41) is 21.7. The van der Waals surface area contributed by atoms with Crippen LogP contribution in [-0.2, 0) is 11.3 Å². The topological polar surface area (TPSA) is 140 Å². The van der Waals surface area contributed by atoms with Crippen LogP contribution in [0.4, 0.5) is 21.6 Å². The molecular weight excluding hydrogens is 499 g/mol. The Kier molecular flexibility index (Phi) is 7.15. The van der Waals surface area contributed by atoms with Crippen molar-refractivity contribution in [2.75, 3.05) is 43.0 Å². The summed E-state index contributed by atoms with van der Waals surface area (Å²) in [5.41, 5.74) is 1.41. The highest BCUT2D eigenvalue weighted by Crippen LogP contribution is 2.34. The number of hydrogen-bond acceptors (Lipinski definition) is 10. The minimum absolute atomic E-state index is 0.0580. The van der Waals surface area contributed by atoms with Gasteiger partial charge in [0.25, 0.3) is 11.6 Å². The van der Waals surface area contributed by atoms with Crippen molar-refractivity contribution in [3.63, 3.8) is 0 Å². The van der Waals surface area contributed by atoms with Gasteiger partial charge in [-0.25, -0.2) is 4.39 Å². The molecule has 0 aliphatic carbocycles. The number of nitrogens with one attached hydrogen (secondary N) is 1. The van der Waals surface area contributed by atoms with Gasteiger partial charge in [-0.1, -0.05) is 22.4 Å². The molecule has 1 N–H and O–H groups in total. The van der Waals surface area contributed by atoms with Gasteiger partial charge >= 0.3 is 0 Å². The maximum absolute atomic E-state index is 15.0. The fraction of sp³-hybridized carbons (Fsp3) is 0.240. The number of piperazine rings is 1. The number of carbonyl (C=O) groups is 1. The van der Waals surface area contributed by atoms with Crippen LogP contribution in [0, 0.1) is 15.9 Å². The number of nitro groups is 1.